The van der Waals surface area contributed by atoms with Gasteiger partial charge in [-0.3, -0.25) is 4.90 Å². The number of ether oxygens (including phenoxy) is 2. The van der Waals surface area contributed by atoms with E-state index in [4.69, 9.17) is 9.47 Å². The van der Waals surface area contributed by atoms with Crippen LogP contribution in [0.4, 0.5) is 4.79 Å². The molecule has 0 aliphatic carbocycles. The molecule has 1 aliphatic heterocycles. The Labute approximate surface area is 124 Å². The minimum Gasteiger partial charge on any atom is -0.464 e. The Kier molecular flexibility index (Phi) is 6.52. The lowest BCUT2D eigenvalue weighted by atomic mass is 10.1. The van der Waals surface area contributed by atoms with E-state index in [0.717, 1.165) is 25.3 Å². The highest BCUT2D eigenvalue weighted by molar-refractivity contribution is 6.08. The summed E-state index contributed by atoms with van der Waals surface area (Å²) in [6.07, 6.45) is 2.53. The summed E-state index contributed by atoms with van der Waals surface area (Å²) < 4.78 is 10.6. The van der Waals surface area contributed by atoms with E-state index < -0.39 is 17.7 Å². The molecule has 1 unspecified atom stereocenters. The van der Waals surface area contributed by atoms with Gasteiger partial charge in [-0.2, -0.15) is 0 Å². The van der Waals surface area contributed by atoms with Crippen molar-refractivity contribution in [3.63, 3.8) is 0 Å². The molecule has 0 bridgehead atoms. The molecule has 1 atom stereocenters. The van der Waals surface area contributed by atoms with Gasteiger partial charge in [0.1, 0.15) is 11.6 Å². The van der Waals surface area contributed by atoms with Crippen LogP contribution in [-0.4, -0.2) is 52.0 Å². The predicted molar refractivity (Wildman–Crippen MR) is 76.7 cm³/mol. The number of nitrogens with zero attached hydrogens (tertiary/aromatic N) is 1. The van der Waals surface area contributed by atoms with Crippen molar-refractivity contribution in [2.24, 2.45) is 0 Å². The summed E-state index contributed by atoms with van der Waals surface area (Å²) in [7, 11) is 3.33. The van der Waals surface area contributed by atoms with Crippen LogP contribution in [0, 0.1) is 0 Å². The molecule has 113 valence electrons. The molecule has 5 nitrogen and oxygen atoms in total. The number of likely N-dealkylation sites (tertiary alicyclic amines) is 1. The summed E-state index contributed by atoms with van der Waals surface area (Å²) in [5.41, 5.74) is -0.510. The van der Waals surface area contributed by atoms with Crippen LogP contribution in [-0.2, 0) is 14.3 Å². The van der Waals surface area contributed by atoms with E-state index in [2.05, 4.69) is 10.2 Å². The highest BCUT2D eigenvalue weighted by Gasteiger charge is 2.37. The van der Waals surface area contributed by atoms with Crippen LogP contribution < -0.4 is 0 Å². The van der Waals surface area contributed by atoms with Gasteiger partial charge in [0.15, 0.2) is 0 Å². The third-order valence-electron chi connectivity index (χ3n) is 3.54. The van der Waals surface area contributed by atoms with Crippen LogP contribution in [0.15, 0.2) is 0 Å². The smallest absolute Gasteiger partial charge is 0.411 e. The minimum absolute atomic E-state index is 0.325. The fourth-order valence-electron chi connectivity index (χ4n) is 1.94. The molecule has 3 radical (unpaired) electrons. The summed E-state index contributed by atoms with van der Waals surface area (Å²) in [6, 6.07) is 0.291. The molecular weight excluding hydrogens is 274 g/mol. The van der Waals surface area contributed by atoms with Crippen molar-refractivity contribution in [2.45, 2.75) is 64.1 Å². The minimum atomic E-state index is -0.510. The highest BCUT2D eigenvalue weighted by Crippen LogP contribution is 2.23. The first-order valence-corrected chi connectivity index (χ1v) is 7.93. The van der Waals surface area contributed by atoms with Crippen molar-refractivity contribution in [1.82, 2.24) is 4.90 Å². The topological polar surface area (TPSA) is 55.8 Å². The van der Waals surface area contributed by atoms with E-state index in [9.17, 15) is 9.59 Å². The number of hydrogen-bond acceptors (Lipinski definition) is 4. The van der Waals surface area contributed by atoms with Gasteiger partial charge in [-0.05, 0) is 39.5 Å². The van der Waals surface area contributed by atoms with E-state index in [1.165, 1.54) is 4.90 Å². The quantitative estimate of drug-likeness (QED) is 0.429. The van der Waals surface area contributed by atoms with Gasteiger partial charge in [-0.25, -0.2) is 9.59 Å². The number of carbonyl (C=O) groups is 2. The molecule has 20 heavy (non-hydrogen) atoms. The Morgan fingerprint density at radius 1 is 1.40 bits per heavy atom. The Balaban J connectivity index is 2.55. The Morgan fingerprint density at radius 2 is 2.10 bits per heavy atom. The first-order chi connectivity index (χ1) is 9.41. The summed E-state index contributed by atoms with van der Waals surface area (Å²) in [5, 5.41) is 0. The van der Waals surface area contributed by atoms with E-state index in [1.54, 1.807) is 0 Å². The maximum absolute atomic E-state index is 12.2. The van der Waals surface area contributed by atoms with Crippen molar-refractivity contribution >= 4 is 22.3 Å². The Morgan fingerprint density at radius 3 is 2.70 bits per heavy atom. The molecule has 1 saturated heterocycles. The largest absolute Gasteiger partial charge is 0.464 e. The van der Waals surface area contributed by atoms with Crippen LogP contribution in [0.1, 0.15) is 46.5 Å². The lowest BCUT2D eigenvalue weighted by molar-refractivity contribution is -0.148. The van der Waals surface area contributed by atoms with Crippen molar-refractivity contribution in [3.05, 3.63) is 0 Å². The molecular formula is C14H24NO4Si. The molecule has 0 spiro atoms. The molecule has 1 aliphatic rings. The van der Waals surface area contributed by atoms with Crippen molar-refractivity contribution in [2.75, 3.05) is 13.2 Å². The van der Waals surface area contributed by atoms with Gasteiger partial charge in [0.25, 0.3) is 0 Å². The molecule has 0 N–H and O–H groups in total. The number of carbonyl (C=O) groups excluding carboxylic acids is 2. The van der Waals surface area contributed by atoms with E-state index >= 15 is 0 Å². The van der Waals surface area contributed by atoms with Gasteiger partial charge >= 0.3 is 12.1 Å². The average Bonchev–Trinajstić information content (AvgIpc) is 2.87. The highest BCUT2D eigenvalue weighted by atomic mass is 28.1. The van der Waals surface area contributed by atoms with Gasteiger partial charge in [0, 0.05) is 16.8 Å². The SMILES string of the molecule is CCC(C)(C)OC(=O)N1CCCC1C(=O)OCCC[Si]. The van der Waals surface area contributed by atoms with Gasteiger partial charge < -0.3 is 9.47 Å². The average molecular weight is 298 g/mol. The van der Waals surface area contributed by atoms with E-state index in [0.29, 0.717) is 19.6 Å². The fourth-order valence-corrected chi connectivity index (χ4v) is 2.08. The van der Waals surface area contributed by atoms with Gasteiger partial charge in [-0.1, -0.05) is 13.0 Å². The maximum Gasteiger partial charge on any atom is 0.411 e. The number of esters is 1. The lowest BCUT2D eigenvalue weighted by Crippen LogP contribution is -2.44. The first-order valence-electron chi connectivity index (χ1n) is 7.22. The maximum atomic E-state index is 12.2. The van der Waals surface area contributed by atoms with Crippen LogP contribution in [0.3, 0.4) is 0 Å². The summed E-state index contributed by atoms with van der Waals surface area (Å²) in [6.45, 7) is 6.62. The predicted octanol–water partition coefficient (Wildman–Crippen LogP) is 2.30. The van der Waals surface area contributed by atoms with Gasteiger partial charge in [-0.15, -0.1) is 0 Å². The first kappa shape index (κ1) is 17.0. The molecule has 1 fully saturated rings. The number of hydrogen-bond donors (Lipinski definition) is 0. The Bertz CT molecular complexity index is 346. The molecule has 0 aromatic rings. The standard InChI is InChI=1S/C14H24NO4Si/c1-4-14(2,3)19-13(17)15-8-5-7-11(15)12(16)18-9-6-10-20/h11H,4-10H2,1-3H3. The second-order valence-corrected chi connectivity index (χ2v) is 6.10. The third-order valence-corrected chi connectivity index (χ3v) is 3.89. The number of rotatable bonds is 6. The van der Waals surface area contributed by atoms with Crippen molar-refractivity contribution < 1.29 is 19.1 Å². The normalized spacial score (nSPS) is 19.0. The zero-order valence-electron chi connectivity index (χ0n) is 12.6. The fraction of sp³-hybridized carbons (Fsp3) is 0.857. The molecule has 1 heterocycles. The second kappa shape index (κ2) is 7.66. The van der Waals surface area contributed by atoms with Crippen LogP contribution >= 0.6 is 0 Å². The van der Waals surface area contributed by atoms with Crippen molar-refractivity contribution in [3.8, 4) is 0 Å². The molecule has 0 aromatic heterocycles. The van der Waals surface area contributed by atoms with Gasteiger partial charge in [0.05, 0.1) is 6.61 Å². The van der Waals surface area contributed by atoms with Crippen LogP contribution in [0.25, 0.3) is 0 Å². The zero-order valence-corrected chi connectivity index (χ0v) is 13.6. The summed E-state index contributed by atoms with van der Waals surface area (Å²) in [4.78, 5) is 25.6. The molecule has 0 aromatic carbocycles. The van der Waals surface area contributed by atoms with Gasteiger partial charge in [0.2, 0.25) is 0 Å². The van der Waals surface area contributed by atoms with E-state index in [1.807, 2.05) is 20.8 Å². The van der Waals surface area contributed by atoms with Crippen LogP contribution in [0.5, 0.6) is 0 Å². The van der Waals surface area contributed by atoms with E-state index in [-0.39, 0.29) is 5.97 Å². The van der Waals surface area contributed by atoms with Crippen LogP contribution in [0.2, 0.25) is 6.04 Å². The second-order valence-electron chi connectivity index (χ2n) is 5.60. The lowest BCUT2D eigenvalue weighted by Gasteiger charge is -2.29. The molecule has 6 heteroatoms. The molecule has 1 rings (SSSR count). The molecule has 1 amide bonds. The molecule has 0 saturated carbocycles. The number of amides is 1. The Hall–Kier alpha value is -1.04. The summed E-state index contributed by atoms with van der Waals surface area (Å²) >= 11 is 0. The van der Waals surface area contributed by atoms with Crippen molar-refractivity contribution in [1.29, 1.82) is 0 Å². The summed E-state index contributed by atoms with van der Waals surface area (Å²) in [5.74, 6) is -0.325. The third kappa shape index (κ3) is 4.81. The zero-order chi connectivity index (χ0) is 15.2. The monoisotopic (exact) mass is 298 g/mol.